The van der Waals surface area contributed by atoms with Crippen LogP contribution in [0.3, 0.4) is 0 Å². The molecule has 21 heavy (non-hydrogen) atoms. The monoisotopic (exact) mass is 300 g/mol. The molecule has 0 saturated carbocycles. The van der Waals surface area contributed by atoms with E-state index in [4.69, 9.17) is 10.2 Å². The predicted octanol–water partition coefficient (Wildman–Crippen LogP) is -0.0975. The SMILES string of the molecule is CC(/C=N\NC(=O)CC[C@@H](C)O)=N/NC(=O)CC[C@@H](C)O. The van der Waals surface area contributed by atoms with Gasteiger partial charge in [0, 0.05) is 12.8 Å². The quantitative estimate of drug-likeness (QED) is 0.351. The minimum Gasteiger partial charge on any atom is -0.393 e. The Kier molecular flexibility index (Phi) is 9.99. The van der Waals surface area contributed by atoms with Crippen molar-refractivity contribution < 1.29 is 19.8 Å². The van der Waals surface area contributed by atoms with Gasteiger partial charge in [0.25, 0.3) is 0 Å². The van der Waals surface area contributed by atoms with E-state index in [1.165, 1.54) is 6.21 Å². The van der Waals surface area contributed by atoms with Crippen LogP contribution in [0.4, 0.5) is 0 Å². The Morgan fingerprint density at radius 2 is 1.52 bits per heavy atom. The molecule has 0 bridgehead atoms. The molecule has 0 aromatic carbocycles. The minimum absolute atomic E-state index is 0.182. The Hall–Kier alpha value is -1.80. The maximum Gasteiger partial charge on any atom is 0.240 e. The van der Waals surface area contributed by atoms with Gasteiger partial charge < -0.3 is 10.2 Å². The van der Waals surface area contributed by atoms with Gasteiger partial charge in [-0.2, -0.15) is 10.2 Å². The lowest BCUT2D eigenvalue weighted by Gasteiger charge is -2.03. The highest BCUT2D eigenvalue weighted by Gasteiger charge is 2.03. The van der Waals surface area contributed by atoms with Crippen LogP contribution in [0.15, 0.2) is 10.2 Å². The van der Waals surface area contributed by atoms with Gasteiger partial charge in [0.1, 0.15) is 0 Å². The Bertz CT molecular complexity index is 392. The van der Waals surface area contributed by atoms with Crippen LogP contribution in [0.2, 0.25) is 0 Å². The summed E-state index contributed by atoms with van der Waals surface area (Å²) in [6.45, 7) is 4.82. The molecule has 0 aromatic rings. The third-order valence-corrected chi connectivity index (χ3v) is 2.38. The molecule has 4 N–H and O–H groups in total. The van der Waals surface area contributed by atoms with Gasteiger partial charge in [-0.15, -0.1) is 0 Å². The number of carbonyl (C=O) groups excluding carboxylic acids is 2. The molecule has 0 spiro atoms. The molecule has 2 atom stereocenters. The maximum absolute atomic E-state index is 11.3. The van der Waals surface area contributed by atoms with Crippen molar-refractivity contribution in [2.45, 2.75) is 58.7 Å². The number of nitrogens with zero attached hydrogens (tertiary/aromatic N) is 2. The molecule has 0 aliphatic heterocycles. The summed E-state index contributed by atoms with van der Waals surface area (Å²) in [6.07, 6.45) is 1.35. The number of aliphatic hydroxyl groups excluding tert-OH is 2. The smallest absolute Gasteiger partial charge is 0.240 e. The Morgan fingerprint density at radius 1 is 1.05 bits per heavy atom. The van der Waals surface area contributed by atoms with Crippen LogP contribution >= 0.6 is 0 Å². The standard InChI is InChI=1S/C13H24N4O4/c1-9(15-17-13(21)7-5-11(3)19)8-14-16-12(20)6-4-10(2)18/h8,10-11,18-19H,4-7H2,1-3H3,(H,16,20)(H,17,21)/b14-8-,15-9-/t10-,11-/m1/s1. The highest BCUT2D eigenvalue weighted by Crippen LogP contribution is 1.95. The normalized spacial score (nSPS) is 14.8. The number of rotatable bonds is 9. The topological polar surface area (TPSA) is 123 Å². The molecule has 0 saturated heterocycles. The first-order chi connectivity index (χ1) is 9.81. The fourth-order valence-electron chi connectivity index (χ4n) is 1.17. The second-order valence-corrected chi connectivity index (χ2v) is 4.86. The number of hydrogen-bond acceptors (Lipinski definition) is 6. The summed E-state index contributed by atoms with van der Waals surface area (Å²) < 4.78 is 0. The molecule has 8 nitrogen and oxygen atoms in total. The first-order valence-corrected chi connectivity index (χ1v) is 6.82. The number of hydrogen-bond donors (Lipinski definition) is 4. The highest BCUT2D eigenvalue weighted by atomic mass is 16.3. The molecule has 0 heterocycles. The molecule has 0 fully saturated rings. The number of nitrogens with one attached hydrogen (secondary N) is 2. The van der Waals surface area contributed by atoms with Crippen molar-refractivity contribution in [3.8, 4) is 0 Å². The van der Waals surface area contributed by atoms with Crippen molar-refractivity contribution in [1.29, 1.82) is 0 Å². The molecule has 0 radical (unpaired) electrons. The Labute approximate surface area is 124 Å². The predicted molar refractivity (Wildman–Crippen MR) is 79.7 cm³/mol. The Morgan fingerprint density at radius 3 is 2.00 bits per heavy atom. The fraction of sp³-hybridized carbons (Fsp3) is 0.692. The summed E-state index contributed by atoms with van der Waals surface area (Å²) in [5, 5.41) is 25.5. The second-order valence-electron chi connectivity index (χ2n) is 4.86. The average molecular weight is 300 g/mol. The highest BCUT2D eigenvalue weighted by molar-refractivity contribution is 6.29. The van der Waals surface area contributed by atoms with E-state index in [0.717, 1.165) is 0 Å². The average Bonchev–Trinajstić information content (AvgIpc) is 2.40. The summed E-state index contributed by atoms with van der Waals surface area (Å²) in [5.74, 6) is -0.606. The van der Waals surface area contributed by atoms with Crippen molar-refractivity contribution in [1.82, 2.24) is 10.9 Å². The molecule has 0 aliphatic carbocycles. The zero-order valence-electron chi connectivity index (χ0n) is 12.7. The van der Waals surface area contributed by atoms with Gasteiger partial charge in [-0.05, 0) is 33.6 Å². The van der Waals surface area contributed by atoms with E-state index < -0.39 is 12.2 Å². The molecule has 2 amide bonds. The van der Waals surface area contributed by atoms with E-state index in [-0.39, 0.29) is 24.7 Å². The van der Waals surface area contributed by atoms with Crippen molar-refractivity contribution in [3.05, 3.63) is 0 Å². The molecular weight excluding hydrogens is 276 g/mol. The summed E-state index contributed by atoms with van der Waals surface area (Å²) in [6, 6.07) is 0. The van der Waals surface area contributed by atoms with Gasteiger partial charge in [-0.1, -0.05) is 0 Å². The van der Waals surface area contributed by atoms with Crippen molar-refractivity contribution in [3.63, 3.8) is 0 Å². The van der Waals surface area contributed by atoms with Gasteiger partial charge in [0.2, 0.25) is 11.8 Å². The van der Waals surface area contributed by atoms with E-state index in [2.05, 4.69) is 21.1 Å². The van der Waals surface area contributed by atoms with Gasteiger partial charge in [0.15, 0.2) is 0 Å². The summed E-state index contributed by atoms with van der Waals surface area (Å²) in [5.41, 5.74) is 5.02. The first kappa shape index (κ1) is 19.2. The molecular formula is C13H24N4O4. The van der Waals surface area contributed by atoms with E-state index in [9.17, 15) is 9.59 Å². The minimum atomic E-state index is -0.528. The lowest BCUT2D eigenvalue weighted by Crippen LogP contribution is -2.22. The molecule has 8 heteroatoms. The van der Waals surface area contributed by atoms with Gasteiger partial charge >= 0.3 is 0 Å². The number of amides is 2. The second kappa shape index (κ2) is 10.9. The first-order valence-electron chi connectivity index (χ1n) is 6.82. The van der Waals surface area contributed by atoms with E-state index in [0.29, 0.717) is 18.6 Å². The van der Waals surface area contributed by atoms with Crippen LogP contribution in [-0.4, -0.2) is 46.2 Å². The van der Waals surface area contributed by atoms with Crippen LogP contribution in [0.5, 0.6) is 0 Å². The zero-order valence-corrected chi connectivity index (χ0v) is 12.7. The van der Waals surface area contributed by atoms with Gasteiger partial charge in [0.05, 0.1) is 24.1 Å². The third kappa shape index (κ3) is 13.0. The molecule has 0 aromatic heterocycles. The molecule has 120 valence electrons. The maximum atomic E-state index is 11.3. The van der Waals surface area contributed by atoms with E-state index in [1.807, 2.05) is 0 Å². The number of carbonyl (C=O) groups is 2. The summed E-state index contributed by atoms with van der Waals surface area (Å²) in [7, 11) is 0. The van der Waals surface area contributed by atoms with Crippen LogP contribution in [0.25, 0.3) is 0 Å². The lowest BCUT2D eigenvalue weighted by atomic mass is 10.2. The lowest BCUT2D eigenvalue weighted by molar-refractivity contribution is -0.122. The van der Waals surface area contributed by atoms with Gasteiger partial charge in [-0.3, -0.25) is 9.59 Å². The third-order valence-electron chi connectivity index (χ3n) is 2.38. The molecule has 0 aliphatic rings. The summed E-state index contributed by atoms with van der Waals surface area (Å²) >= 11 is 0. The number of hydrazone groups is 2. The molecule has 0 unspecified atom stereocenters. The Balaban J connectivity index is 3.97. The van der Waals surface area contributed by atoms with Crippen molar-refractivity contribution >= 4 is 23.7 Å². The van der Waals surface area contributed by atoms with Crippen LogP contribution in [-0.2, 0) is 9.59 Å². The van der Waals surface area contributed by atoms with Crippen LogP contribution < -0.4 is 10.9 Å². The fourth-order valence-corrected chi connectivity index (χ4v) is 1.17. The molecule has 0 rings (SSSR count). The van der Waals surface area contributed by atoms with Gasteiger partial charge in [-0.25, -0.2) is 10.9 Å². The van der Waals surface area contributed by atoms with Crippen molar-refractivity contribution in [2.75, 3.05) is 0 Å². The van der Waals surface area contributed by atoms with E-state index >= 15 is 0 Å². The zero-order chi connectivity index (χ0) is 16.3. The van der Waals surface area contributed by atoms with Crippen LogP contribution in [0.1, 0.15) is 46.5 Å². The largest absolute Gasteiger partial charge is 0.393 e. The van der Waals surface area contributed by atoms with Crippen molar-refractivity contribution in [2.24, 2.45) is 10.2 Å². The van der Waals surface area contributed by atoms with Crippen LogP contribution in [0, 0.1) is 0 Å². The van der Waals surface area contributed by atoms with E-state index in [1.54, 1.807) is 20.8 Å². The summed E-state index contributed by atoms with van der Waals surface area (Å²) in [4.78, 5) is 22.6. The number of aliphatic hydroxyl groups is 2.